The van der Waals surface area contributed by atoms with E-state index < -0.39 is 0 Å². The topological polar surface area (TPSA) is 52.5 Å². The zero-order valence-corrected chi connectivity index (χ0v) is 11.1. The summed E-state index contributed by atoms with van der Waals surface area (Å²) in [7, 11) is 0. The maximum absolute atomic E-state index is 9.96. The fourth-order valence-corrected chi connectivity index (χ4v) is 2.78. The molecule has 3 nitrogen and oxygen atoms in total. The van der Waals surface area contributed by atoms with Crippen LogP contribution in [0.25, 0.3) is 0 Å². The van der Waals surface area contributed by atoms with Gasteiger partial charge in [0.2, 0.25) is 0 Å². The number of unbranched alkanes of at least 4 members (excludes halogenated alkanes) is 1. The Labute approximate surface area is 109 Å². The fourth-order valence-electron chi connectivity index (χ4n) is 2.78. The van der Waals surface area contributed by atoms with E-state index in [0.29, 0.717) is 5.92 Å². The summed E-state index contributed by atoms with van der Waals surface area (Å²) in [6.07, 6.45) is 5.57. The molecule has 0 heterocycles. The smallest absolute Gasteiger partial charge is 0.161 e. The lowest BCUT2D eigenvalue weighted by molar-refractivity contribution is 0.395. The first-order valence-corrected chi connectivity index (χ1v) is 6.98. The van der Waals surface area contributed by atoms with Crippen LogP contribution >= 0.6 is 0 Å². The first-order chi connectivity index (χ1) is 8.74. The molecule has 1 aliphatic carbocycles. The quantitative estimate of drug-likeness (QED) is 0.537. The molecule has 100 valence electrons. The summed E-state index contributed by atoms with van der Waals surface area (Å²) in [4.78, 5) is 0. The van der Waals surface area contributed by atoms with Crippen molar-refractivity contribution in [1.82, 2.24) is 5.32 Å². The van der Waals surface area contributed by atoms with Crippen molar-refractivity contribution in [1.29, 1.82) is 0 Å². The first kappa shape index (κ1) is 13.2. The van der Waals surface area contributed by atoms with Crippen molar-refractivity contribution < 1.29 is 10.2 Å². The zero-order chi connectivity index (χ0) is 13.0. The minimum absolute atomic E-state index is 0.0135. The fraction of sp³-hybridized carbons (Fsp3) is 0.600. The van der Waals surface area contributed by atoms with Crippen LogP contribution in [0.15, 0.2) is 12.1 Å². The number of phenols is 2. The molecule has 0 fully saturated rings. The van der Waals surface area contributed by atoms with E-state index in [-0.39, 0.29) is 11.5 Å². The van der Waals surface area contributed by atoms with Crippen LogP contribution in [0, 0.1) is 0 Å². The highest BCUT2D eigenvalue weighted by Gasteiger charge is 2.26. The third-order valence-corrected chi connectivity index (χ3v) is 3.83. The molecule has 1 atom stereocenters. The highest BCUT2D eigenvalue weighted by Crippen LogP contribution is 2.44. The second kappa shape index (κ2) is 6.10. The molecule has 2 rings (SSSR count). The molecule has 1 unspecified atom stereocenters. The lowest BCUT2D eigenvalue weighted by Crippen LogP contribution is -2.18. The van der Waals surface area contributed by atoms with Crippen molar-refractivity contribution in [2.24, 2.45) is 0 Å². The molecule has 0 radical (unpaired) electrons. The Balaban J connectivity index is 1.92. The number of fused-ring (bicyclic) bond motifs is 1. The summed E-state index contributed by atoms with van der Waals surface area (Å²) in [5.74, 6) is 0.504. The monoisotopic (exact) mass is 249 g/mol. The minimum Gasteiger partial charge on any atom is -0.504 e. The molecule has 0 aliphatic heterocycles. The molecular formula is C15H23NO2. The molecule has 3 heteroatoms. The van der Waals surface area contributed by atoms with Gasteiger partial charge in [-0.1, -0.05) is 19.4 Å². The Kier molecular flexibility index (Phi) is 4.48. The molecule has 0 aromatic heterocycles. The summed E-state index contributed by atoms with van der Waals surface area (Å²) in [5.41, 5.74) is 2.18. The second-order valence-electron chi connectivity index (χ2n) is 5.13. The molecule has 1 aromatic rings. The van der Waals surface area contributed by atoms with Crippen LogP contribution in [0.2, 0.25) is 0 Å². The van der Waals surface area contributed by atoms with Crippen molar-refractivity contribution in [3.8, 4) is 11.5 Å². The van der Waals surface area contributed by atoms with E-state index in [4.69, 9.17) is 0 Å². The highest BCUT2D eigenvalue weighted by molar-refractivity contribution is 5.52. The third-order valence-electron chi connectivity index (χ3n) is 3.83. The molecule has 0 saturated carbocycles. The van der Waals surface area contributed by atoms with Gasteiger partial charge in [0.1, 0.15) is 0 Å². The number of hydrogen-bond donors (Lipinski definition) is 3. The van der Waals surface area contributed by atoms with Gasteiger partial charge in [-0.15, -0.1) is 0 Å². The SMILES string of the molecule is CCCCNCCC1CCc2ccc(O)c(O)c21. The van der Waals surface area contributed by atoms with E-state index in [1.54, 1.807) is 6.07 Å². The van der Waals surface area contributed by atoms with E-state index >= 15 is 0 Å². The van der Waals surface area contributed by atoms with Gasteiger partial charge in [-0.3, -0.25) is 0 Å². The number of hydrogen-bond acceptors (Lipinski definition) is 3. The number of aryl methyl sites for hydroxylation is 1. The molecule has 18 heavy (non-hydrogen) atoms. The molecular weight excluding hydrogens is 226 g/mol. The van der Waals surface area contributed by atoms with Gasteiger partial charge in [-0.25, -0.2) is 0 Å². The van der Waals surface area contributed by atoms with Crippen LogP contribution in [0.4, 0.5) is 0 Å². The predicted molar refractivity (Wildman–Crippen MR) is 73.2 cm³/mol. The van der Waals surface area contributed by atoms with Gasteiger partial charge in [0.15, 0.2) is 11.5 Å². The second-order valence-corrected chi connectivity index (χ2v) is 5.13. The van der Waals surface area contributed by atoms with Gasteiger partial charge in [0.05, 0.1) is 0 Å². The minimum atomic E-state index is 0.0135. The summed E-state index contributed by atoms with van der Waals surface area (Å²) < 4.78 is 0. The molecule has 0 amide bonds. The van der Waals surface area contributed by atoms with Crippen LogP contribution in [-0.4, -0.2) is 23.3 Å². The van der Waals surface area contributed by atoms with Crippen LogP contribution in [0.1, 0.15) is 49.7 Å². The Morgan fingerprint density at radius 3 is 2.89 bits per heavy atom. The van der Waals surface area contributed by atoms with Crippen molar-refractivity contribution in [3.63, 3.8) is 0 Å². The molecule has 0 saturated heterocycles. The normalized spacial score (nSPS) is 17.9. The number of nitrogens with one attached hydrogen (secondary N) is 1. The Morgan fingerprint density at radius 1 is 1.28 bits per heavy atom. The van der Waals surface area contributed by atoms with Crippen molar-refractivity contribution in [2.75, 3.05) is 13.1 Å². The molecule has 0 bridgehead atoms. The maximum Gasteiger partial charge on any atom is 0.161 e. The Bertz CT molecular complexity index is 404. The van der Waals surface area contributed by atoms with Crippen molar-refractivity contribution >= 4 is 0 Å². The van der Waals surface area contributed by atoms with Crippen LogP contribution in [0.3, 0.4) is 0 Å². The van der Waals surface area contributed by atoms with Crippen LogP contribution < -0.4 is 5.32 Å². The average molecular weight is 249 g/mol. The largest absolute Gasteiger partial charge is 0.504 e. The van der Waals surface area contributed by atoms with E-state index in [1.807, 2.05) is 6.07 Å². The number of benzene rings is 1. The first-order valence-electron chi connectivity index (χ1n) is 6.98. The lowest BCUT2D eigenvalue weighted by Gasteiger charge is -2.14. The average Bonchev–Trinajstić information content (AvgIpc) is 2.78. The molecule has 0 spiro atoms. The van der Waals surface area contributed by atoms with Crippen molar-refractivity contribution in [3.05, 3.63) is 23.3 Å². The lowest BCUT2D eigenvalue weighted by atomic mass is 9.96. The van der Waals surface area contributed by atoms with Gasteiger partial charge < -0.3 is 15.5 Å². The molecule has 1 aromatic carbocycles. The number of rotatable bonds is 6. The zero-order valence-electron chi connectivity index (χ0n) is 11.1. The maximum atomic E-state index is 9.96. The molecule has 1 aliphatic rings. The summed E-state index contributed by atoms with van der Waals surface area (Å²) in [5, 5.41) is 23.0. The summed E-state index contributed by atoms with van der Waals surface area (Å²) >= 11 is 0. The van der Waals surface area contributed by atoms with E-state index in [9.17, 15) is 10.2 Å². The number of phenolic OH excluding ortho intramolecular Hbond substituents is 2. The van der Waals surface area contributed by atoms with E-state index in [1.165, 1.54) is 18.4 Å². The standard InChI is InChI=1S/C15H23NO2/c1-2-3-9-16-10-8-12-5-4-11-6-7-13(17)15(18)14(11)12/h6-7,12,16-18H,2-5,8-10H2,1H3. The molecule has 3 N–H and O–H groups in total. The number of aromatic hydroxyl groups is 2. The summed E-state index contributed by atoms with van der Waals surface area (Å²) in [6.45, 7) is 4.25. The van der Waals surface area contributed by atoms with Crippen LogP contribution in [0.5, 0.6) is 11.5 Å². The van der Waals surface area contributed by atoms with Gasteiger partial charge in [-0.05, 0) is 56.3 Å². The Morgan fingerprint density at radius 2 is 2.11 bits per heavy atom. The predicted octanol–water partition coefficient (Wildman–Crippen LogP) is 2.91. The van der Waals surface area contributed by atoms with Gasteiger partial charge >= 0.3 is 0 Å². The van der Waals surface area contributed by atoms with Crippen molar-refractivity contribution in [2.45, 2.75) is 44.9 Å². The van der Waals surface area contributed by atoms with Crippen LogP contribution in [-0.2, 0) is 6.42 Å². The highest BCUT2D eigenvalue weighted by atomic mass is 16.3. The van der Waals surface area contributed by atoms with Gasteiger partial charge in [-0.2, -0.15) is 0 Å². The third kappa shape index (κ3) is 2.78. The van der Waals surface area contributed by atoms with E-state index in [0.717, 1.165) is 37.9 Å². The van der Waals surface area contributed by atoms with Gasteiger partial charge in [0, 0.05) is 5.56 Å². The Hall–Kier alpha value is -1.22. The van der Waals surface area contributed by atoms with E-state index in [2.05, 4.69) is 12.2 Å². The summed E-state index contributed by atoms with van der Waals surface area (Å²) in [6, 6.07) is 3.53. The van der Waals surface area contributed by atoms with Gasteiger partial charge in [0.25, 0.3) is 0 Å².